The Morgan fingerprint density at radius 3 is 2.12 bits per heavy atom. The fraction of sp³-hybridized carbons (Fsp3) is 0.500. The number of carbonyl (C=O) groups is 2. The SMILES string of the molecule is CCCCN1C(=O)C2C(=C1c1sc(Br)cc1C)C(=O)N(CCCC)C2c1sc(Br)cc1C. The van der Waals surface area contributed by atoms with Crippen LogP contribution >= 0.6 is 54.5 Å². The maximum atomic E-state index is 14.0. The minimum Gasteiger partial charge on any atom is -0.330 e. The Balaban J connectivity index is 1.92. The fourth-order valence-corrected chi connectivity index (χ4v) is 8.47. The molecule has 32 heavy (non-hydrogen) atoms. The van der Waals surface area contributed by atoms with Crippen LogP contribution in [0.25, 0.3) is 5.70 Å². The molecule has 0 spiro atoms. The summed E-state index contributed by atoms with van der Waals surface area (Å²) in [4.78, 5) is 33.9. The van der Waals surface area contributed by atoms with E-state index in [0.29, 0.717) is 18.7 Å². The highest BCUT2D eigenvalue weighted by Crippen LogP contribution is 2.54. The minimum atomic E-state index is -0.435. The topological polar surface area (TPSA) is 40.6 Å². The highest BCUT2D eigenvalue weighted by molar-refractivity contribution is 9.11. The monoisotopic (exact) mass is 598 g/mol. The molecule has 2 amide bonds. The average molecular weight is 600 g/mol. The van der Waals surface area contributed by atoms with Gasteiger partial charge in [-0.3, -0.25) is 9.59 Å². The first-order valence-corrected chi connectivity index (χ1v) is 14.4. The molecule has 8 heteroatoms. The predicted molar refractivity (Wildman–Crippen MR) is 140 cm³/mol. The maximum absolute atomic E-state index is 14.0. The molecule has 1 fully saturated rings. The van der Waals surface area contributed by atoms with Gasteiger partial charge in [0.15, 0.2) is 0 Å². The highest BCUT2D eigenvalue weighted by Gasteiger charge is 2.56. The van der Waals surface area contributed by atoms with Crippen LogP contribution in [0.1, 0.15) is 66.5 Å². The van der Waals surface area contributed by atoms with Gasteiger partial charge >= 0.3 is 0 Å². The number of amides is 2. The van der Waals surface area contributed by atoms with Crippen LogP contribution in [0.15, 0.2) is 25.3 Å². The molecule has 2 aromatic rings. The van der Waals surface area contributed by atoms with Crippen LogP contribution in [0.4, 0.5) is 0 Å². The molecular weight excluding hydrogens is 572 g/mol. The molecule has 172 valence electrons. The van der Waals surface area contributed by atoms with E-state index in [9.17, 15) is 9.59 Å². The molecule has 0 N–H and O–H groups in total. The summed E-state index contributed by atoms with van der Waals surface area (Å²) < 4.78 is 2.06. The summed E-state index contributed by atoms with van der Waals surface area (Å²) in [6.45, 7) is 9.74. The Kier molecular flexibility index (Phi) is 7.35. The predicted octanol–water partition coefficient (Wildman–Crippen LogP) is 7.30. The Bertz CT molecular complexity index is 1090. The van der Waals surface area contributed by atoms with Gasteiger partial charge < -0.3 is 9.80 Å². The van der Waals surface area contributed by atoms with Crippen LogP contribution in [0.3, 0.4) is 0 Å². The molecule has 0 aromatic carbocycles. The van der Waals surface area contributed by atoms with Crippen molar-refractivity contribution < 1.29 is 9.59 Å². The van der Waals surface area contributed by atoms with Crippen molar-refractivity contribution in [1.29, 1.82) is 0 Å². The molecule has 4 heterocycles. The van der Waals surface area contributed by atoms with Crippen LogP contribution in [0.5, 0.6) is 0 Å². The van der Waals surface area contributed by atoms with Crippen molar-refractivity contribution in [3.63, 3.8) is 0 Å². The molecule has 4 nitrogen and oxygen atoms in total. The lowest BCUT2D eigenvalue weighted by atomic mass is 9.93. The zero-order valence-electron chi connectivity index (χ0n) is 18.8. The van der Waals surface area contributed by atoms with E-state index < -0.39 is 5.92 Å². The lowest BCUT2D eigenvalue weighted by molar-refractivity contribution is -0.131. The normalized spacial score (nSPS) is 20.8. The summed E-state index contributed by atoms with van der Waals surface area (Å²) in [6, 6.07) is 3.95. The van der Waals surface area contributed by atoms with Gasteiger partial charge in [0.1, 0.15) is 0 Å². The second kappa shape index (κ2) is 9.72. The van der Waals surface area contributed by atoms with E-state index in [1.165, 1.54) is 0 Å². The highest BCUT2D eigenvalue weighted by atomic mass is 79.9. The standard InChI is InChI=1S/C24H28Br2N2O2S2/c1-5-7-9-27-19(21-13(3)11-15(25)31-21)17-18(23(27)29)20(22-14(4)12-16(26)32-22)28(24(17)30)10-8-6-2/h11-12,17,19H,5-10H2,1-4H3. The van der Waals surface area contributed by atoms with Crippen molar-refractivity contribution in [2.75, 3.05) is 13.1 Å². The van der Waals surface area contributed by atoms with Gasteiger partial charge in [-0.15, -0.1) is 22.7 Å². The Morgan fingerprint density at radius 1 is 0.938 bits per heavy atom. The number of unbranched alkanes of at least 4 members (excludes halogenated alkanes) is 2. The first-order chi connectivity index (χ1) is 15.3. The van der Waals surface area contributed by atoms with E-state index in [0.717, 1.165) is 59.8 Å². The van der Waals surface area contributed by atoms with Crippen LogP contribution in [0, 0.1) is 19.8 Å². The Labute approximate surface area is 214 Å². The van der Waals surface area contributed by atoms with Gasteiger partial charge in [-0.1, -0.05) is 26.7 Å². The third-order valence-electron chi connectivity index (χ3n) is 6.30. The first-order valence-electron chi connectivity index (χ1n) is 11.2. The van der Waals surface area contributed by atoms with Crippen molar-refractivity contribution in [3.8, 4) is 0 Å². The number of fused-ring (bicyclic) bond motifs is 1. The number of likely N-dealkylation sites (tertiary alicyclic amines) is 1. The summed E-state index contributed by atoms with van der Waals surface area (Å²) in [5.41, 5.74) is 3.79. The van der Waals surface area contributed by atoms with Crippen LogP contribution < -0.4 is 0 Å². The molecule has 4 rings (SSSR count). The third-order valence-corrected chi connectivity index (χ3v) is 9.85. The molecule has 0 saturated carbocycles. The van der Waals surface area contributed by atoms with Gasteiger partial charge in [0, 0.05) is 18.0 Å². The van der Waals surface area contributed by atoms with E-state index in [2.05, 4.69) is 71.7 Å². The van der Waals surface area contributed by atoms with Gasteiger partial charge in [-0.25, -0.2) is 0 Å². The Hall–Kier alpha value is -0.960. The molecule has 2 unspecified atom stereocenters. The average Bonchev–Trinajstić information content (AvgIpc) is 3.42. The van der Waals surface area contributed by atoms with Gasteiger partial charge in [-0.2, -0.15) is 0 Å². The molecule has 0 aliphatic carbocycles. The van der Waals surface area contributed by atoms with E-state index >= 15 is 0 Å². The summed E-state index contributed by atoms with van der Waals surface area (Å²) in [5.74, 6) is -0.326. The summed E-state index contributed by atoms with van der Waals surface area (Å²) in [7, 11) is 0. The molecule has 2 aliphatic rings. The van der Waals surface area contributed by atoms with Gasteiger partial charge in [0.25, 0.3) is 5.91 Å². The number of halogens is 2. The largest absolute Gasteiger partial charge is 0.330 e. The van der Waals surface area contributed by atoms with E-state index in [4.69, 9.17) is 0 Å². The van der Waals surface area contributed by atoms with Crippen LogP contribution in [-0.4, -0.2) is 34.7 Å². The van der Waals surface area contributed by atoms with Crippen molar-refractivity contribution in [1.82, 2.24) is 9.80 Å². The molecule has 0 bridgehead atoms. The molecule has 2 aliphatic heterocycles. The van der Waals surface area contributed by atoms with Crippen molar-refractivity contribution in [2.45, 2.75) is 59.4 Å². The maximum Gasteiger partial charge on any atom is 0.253 e. The molecule has 1 saturated heterocycles. The van der Waals surface area contributed by atoms with Crippen molar-refractivity contribution >= 4 is 72.0 Å². The van der Waals surface area contributed by atoms with Crippen LogP contribution in [0.2, 0.25) is 0 Å². The van der Waals surface area contributed by atoms with Gasteiger partial charge in [-0.05, 0) is 81.8 Å². The van der Waals surface area contributed by atoms with E-state index in [1.807, 2.05) is 9.80 Å². The first kappa shape index (κ1) is 24.2. The summed E-state index contributed by atoms with van der Waals surface area (Å²) in [6.07, 6.45) is 3.86. The lowest BCUT2D eigenvalue weighted by Gasteiger charge is -2.29. The third kappa shape index (κ3) is 4.05. The number of thiophene rings is 2. The molecule has 0 radical (unpaired) electrons. The number of aryl methyl sites for hydroxylation is 2. The van der Waals surface area contributed by atoms with Crippen LogP contribution in [-0.2, 0) is 9.59 Å². The second-order valence-electron chi connectivity index (χ2n) is 8.54. The number of nitrogens with zero attached hydrogens (tertiary/aromatic N) is 2. The number of hydrogen-bond acceptors (Lipinski definition) is 4. The van der Waals surface area contributed by atoms with Gasteiger partial charge in [0.2, 0.25) is 5.91 Å². The number of rotatable bonds is 8. The van der Waals surface area contributed by atoms with E-state index in [1.54, 1.807) is 22.7 Å². The smallest absolute Gasteiger partial charge is 0.253 e. The molecule has 2 atom stereocenters. The zero-order chi connectivity index (χ0) is 23.2. The summed E-state index contributed by atoms with van der Waals surface area (Å²) >= 11 is 10.5. The van der Waals surface area contributed by atoms with E-state index in [-0.39, 0.29) is 17.9 Å². The van der Waals surface area contributed by atoms with Crippen molar-refractivity contribution in [2.24, 2.45) is 5.92 Å². The number of carbonyl (C=O) groups excluding carboxylic acids is 2. The molecular formula is C24H28Br2N2O2S2. The fourth-order valence-electron chi connectivity index (χ4n) is 4.76. The minimum absolute atomic E-state index is 0.0312. The van der Waals surface area contributed by atoms with Crippen molar-refractivity contribution in [3.05, 3.63) is 46.2 Å². The summed E-state index contributed by atoms with van der Waals surface area (Å²) in [5, 5.41) is 0. The van der Waals surface area contributed by atoms with Gasteiger partial charge in [0.05, 0.1) is 35.7 Å². The quantitative estimate of drug-likeness (QED) is 0.319. The zero-order valence-corrected chi connectivity index (χ0v) is 23.6. The Morgan fingerprint density at radius 2 is 1.56 bits per heavy atom. The lowest BCUT2D eigenvalue weighted by Crippen LogP contribution is -2.36. The number of hydrogen-bond donors (Lipinski definition) is 0. The molecule has 2 aromatic heterocycles. The second-order valence-corrected chi connectivity index (χ2v) is 13.4.